The molecule has 1 heterocycles. The van der Waals surface area contributed by atoms with Crippen molar-refractivity contribution in [1.29, 1.82) is 0 Å². The maximum atomic E-state index is 6.06. The highest BCUT2D eigenvalue weighted by Crippen LogP contribution is 2.31. The van der Waals surface area contributed by atoms with Crippen molar-refractivity contribution in [2.75, 3.05) is 6.61 Å². The number of hydrogen-bond donors (Lipinski definition) is 1. The van der Waals surface area contributed by atoms with E-state index in [0.29, 0.717) is 6.61 Å². The van der Waals surface area contributed by atoms with Gasteiger partial charge in [-0.25, -0.2) is 0 Å². The Hall–Kier alpha value is -1.48. The van der Waals surface area contributed by atoms with Gasteiger partial charge in [0, 0.05) is 5.39 Å². The molecule has 0 fully saturated rings. The lowest BCUT2D eigenvalue weighted by molar-refractivity contribution is 0.336. The van der Waals surface area contributed by atoms with Gasteiger partial charge in [0.2, 0.25) is 0 Å². The third-order valence-corrected chi connectivity index (χ3v) is 2.79. The minimum absolute atomic E-state index is 0.0260. The van der Waals surface area contributed by atoms with E-state index in [1.807, 2.05) is 31.2 Å². The molecule has 0 amide bonds. The summed E-state index contributed by atoms with van der Waals surface area (Å²) >= 11 is 0. The molecule has 0 aliphatic carbocycles. The van der Waals surface area contributed by atoms with E-state index in [1.165, 1.54) is 0 Å². The van der Waals surface area contributed by atoms with Crippen LogP contribution in [0, 0.1) is 0 Å². The number of furan rings is 1. The fraction of sp³-hybridized carbons (Fsp3) is 0.429. The molecule has 2 aromatic rings. The molecule has 2 N–H and O–H groups in total. The Morgan fingerprint density at radius 3 is 2.88 bits per heavy atom. The van der Waals surface area contributed by atoms with E-state index in [9.17, 15) is 0 Å². The highest BCUT2D eigenvalue weighted by Gasteiger charge is 2.13. The zero-order valence-corrected chi connectivity index (χ0v) is 10.4. The first-order valence-corrected chi connectivity index (χ1v) is 6.17. The minimum atomic E-state index is -0.0260. The summed E-state index contributed by atoms with van der Waals surface area (Å²) in [5.74, 6) is 1.63. The lowest BCUT2D eigenvalue weighted by atomic mass is 10.1. The van der Waals surface area contributed by atoms with Gasteiger partial charge in [-0.05, 0) is 25.5 Å². The van der Waals surface area contributed by atoms with Crippen LogP contribution in [0.2, 0.25) is 0 Å². The van der Waals surface area contributed by atoms with Gasteiger partial charge in [0.25, 0.3) is 0 Å². The molecule has 1 atom stereocenters. The highest BCUT2D eigenvalue weighted by atomic mass is 16.5. The largest absolute Gasteiger partial charge is 0.490 e. The second-order valence-corrected chi connectivity index (χ2v) is 4.15. The smallest absolute Gasteiger partial charge is 0.176 e. The molecule has 1 aromatic carbocycles. The Morgan fingerprint density at radius 2 is 2.18 bits per heavy atom. The van der Waals surface area contributed by atoms with Crippen LogP contribution < -0.4 is 10.5 Å². The van der Waals surface area contributed by atoms with Crippen LogP contribution in [0.25, 0.3) is 11.0 Å². The average Bonchev–Trinajstić information content (AvgIpc) is 2.75. The monoisotopic (exact) mass is 233 g/mol. The van der Waals surface area contributed by atoms with Gasteiger partial charge >= 0.3 is 0 Å². The van der Waals surface area contributed by atoms with Gasteiger partial charge in [-0.3, -0.25) is 0 Å². The number of hydrogen-bond acceptors (Lipinski definition) is 3. The SMILES string of the molecule is CCCC(N)c1cc2cccc(OCC)c2o1. The number of rotatable bonds is 5. The van der Waals surface area contributed by atoms with Crippen molar-refractivity contribution in [3.05, 3.63) is 30.0 Å². The molecule has 1 aromatic heterocycles. The first-order valence-electron chi connectivity index (χ1n) is 6.17. The summed E-state index contributed by atoms with van der Waals surface area (Å²) < 4.78 is 11.4. The number of fused-ring (bicyclic) bond motifs is 1. The van der Waals surface area contributed by atoms with Crippen molar-refractivity contribution in [2.24, 2.45) is 5.73 Å². The zero-order valence-electron chi connectivity index (χ0n) is 10.4. The van der Waals surface area contributed by atoms with E-state index in [1.54, 1.807) is 0 Å². The molecule has 17 heavy (non-hydrogen) atoms. The Balaban J connectivity index is 2.39. The van der Waals surface area contributed by atoms with Crippen molar-refractivity contribution in [2.45, 2.75) is 32.7 Å². The second-order valence-electron chi connectivity index (χ2n) is 4.15. The lowest BCUT2D eigenvalue weighted by Gasteiger charge is -2.05. The number of nitrogens with two attached hydrogens (primary N) is 1. The van der Waals surface area contributed by atoms with E-state index in [0.717, 1.165) is 35.3 Å². The molecule has 3 nitrogen and oxygen atoms in total. The van der Waals surface area contributed by atoms with Crippen molar-refractivity contribution in [1.82, 2.24) is 0 Å². The topological polar surface area (TPSA) is 48.4 Å². The molecular weight excluding hydrogens is 214 g/mol. The Bertz CT molecular complexity index is 490. The summed E-state index contributed by atoms with van der Waals surface area (Å²) in [5, 5.41) is 1.05. The maximum absolute atomic E-state index is 6.06. The number of benzene rings is 1. The first kappa shape index (κ1) is 12.0. The van der Waals surface area contributed by atoms with Gasteiger partial charge in [-0.2, -0.15) is 0 Å². The first-order chi connectivity index (χ1) is 8.26. The van der Waals surface area contributed by atoms with Crippen molar-refractivity contribution >= 4 is 11.0 Å². The van der Waals surface area contributed by atoms with Crippen LogP contribution in [0.15, 0.2) is 28.7 Å². The molecule has 1 unspecified atom stereocenters. The molecule has 0 radical (unpaired) electrons. The molecule has 2 rings (SSSR count). The van der Waals surface area contributed by atoms with E-state index >= 15 is 0 Å². The fourth-order valence-electron chi connectivity index (χ4n) is 1.96. The van der Waals surface area contributed by atoms with E-state index in [-0.39, 0.29) is 6.04 Å². The van der Waals surface area contributed by atoms with Crippen LogP contribution in [-0.4, -0.2) is 6.61 Å². The maximum Gasteiger partial charge on any atom is 0.176 e. The Morgan fingerprint density at radius 1 is 1.35 bits per heavy atom. The van der Waals surface area contributed by atoms with Gasteiger partial charge in [0.05, 0.1) is 12.6 Å². The predicted molar refractivity (Wildman–Crippen MR) is 69.2 cm³/mol. The Kier molecular flexibility index (Phi) is 3.69. The molecule has 3 heteroatoms. The highest BCUT2D eigenvalue weighted by molar-refractivity contribution is 5.83. The summed E-state index contributed by atoms with van der Waals surface area (Å²) in [6.45, 7) is 4.72. The third-order valence-electron chi connectivity index (χ3n) is 2.79. The van der Waals surface area contributed by atoms with Crippen LogP contribution >= 0.6 is 0 Å². The molecule has 0 spiro atoms. The average molecular weight is 233 g/mol. The third kappa shape index (κ3) is 2.44. The summed E-state index contributed by atoms with van der Waals surface area (Å²) in [6, 6.07) is 7.89. The van der Waals surface area contributed by atoms with Crippen LogP contribution in [0.5, 0.6) is 5.75 Å². The normalized spacial score (nSPS) is 12.9. The van der Waals surface area contributed by atoms with Crippen LogP contribution in [0.4, 0.5) is 0 Å². The molecule has 0 aliphatic heterocycles. The molecular formula is C14H19NO2. The minimum Gasteiger partial charge on any atom is -0.490 e. The van der Waals surface area contributed by atoms with E-state index in [4.69, 9.17) is 14.9 Å². The van der Waals surface area contributed by atoms with Gasteiger partial charge in [-0.1, -0.05) is 25.5 Å². The predicted octanol–water partition coefficient (Wildman–Crippen LogP) is 3.63. The van der Waals surface area contributed by atoms with Crippen molar-refractivity contribution in [3.8, 4) is 5.75 Å². The zero-order chi connectivity index (χ0) is 12.3. The van der Waals surface area contributed by atoms with Crippen LogP contribution in [-0.2, 0) is 0 Å². The van der Waals surface area contributed by atoms with Crippen LogP contribution in [0.3, 0.4) is 0 Å². The molecule has 92 valence electrons. The summed E-state index contributed by atoms with van der Waals surface area (Å²) in [5.41, 5.74) is 6.86. The lowest BCUT2D eigenvalue weighted by Crippen LogP contribution is -2.08. The molecule has 0 bridgehead atoms. The van der Waals surface area contributed by atoms with Gasteiger partial charge < -0.3 is 14.9 Å². The van der Waals surface area contributed by atoms with Crippen molar-refractivity contribution < 1.29 is 9.15 Å². The quantitative estimate of drug-likeness (QED) is 0.857. The number of ether oxygens (including phenoxy) is 1. The summed E-state index contributed by atoms with van der Waals surface area (Å²) in [7, 11) is 0. The van der Waals surface area contributed by atoms with Crippen molar-refractivity contribution in [3.63, 3.8) is 0 Å². The number of para-hydroxylation sites is 1. The Labute approximate surface area is 102 Å². The van der Waals surface area contributed by atoms with E-state index in [2.05, 4.69) is 6.92 Å². The standard InChI is InChI=1S/C14H19NO2/c1-3-6-11(15)13-9-10-7-5-8-12(16-4-2)14(10)17-13/h5,7-9,11H,3-4,6,15H2,1-2H3. The second kappa shape index (κ2) is 5.23. The summed E-state index contributed by atoms with van der Waals surface area (Å²) in [6.07, 6.45) is 1.99. The van der Waals surface area contributed by atoms with Crippen LogP contribution in [0.1, 0.15) is 38.5 Å². The molecule has 0 aliphatic rings. The van der Waals surface area contributed by atoms with Gasteiger partial charge in [-0.15, -0.1) is 0 Å². The summed E-state index contributed by atoms with van der Waals surface area (Å²) in [4.78, 5) is 0. The van der Waals surface area contributed by atoms with Gasteiger partial charge in [0.15, 0.2) is 11.3 Å². The van der Waals surface area contributed by atoms with Gasteiger partial charge in [0.1, 0.15) is 5.76 Å². The molecule has 0 saturated heterocycles. The fourth-order valence-corrected chi connectivity index (χ4v) is 1.96. The van der Waals surface area contributed by atoms with E-state index < -0.39 is 0 Å². The molecule has 0 saturated carbocycles.